The highest BCUT2D eigenvalue weighted by molar-refractivity contribution is 6.30. The van der Waals surface area contributed by atoms with Gasteiger partial charge in [-0.2, -0.15) is 0 Å². The molecule has 1 fully saturated rings. The number of rotatable bonds is 5. The van der Waals surface area contributed by atoms with E-state index in [0.717, 1.165) is 49.7 Å². The van der Waals surface area contributed by atoms with Crippen LogP contribution in [0.4, 0.5) is 21.9 Å². The lowest BCUT2D eigenvalue weighted by molar-refractivity contribution is 0.0994. The van der Waals surface area contributed by atoms with Crippen molar-refractivity contribution < 1.29 is 9.59 Å². The van der Waals surface area contributed by atoms with Gasteiger partial charge >= 0.3 is 11.7 Å². The van der Waals surface area contributed by atoms with Crippen LogP contribution in [-0.2, 0) is 13.0 Å². The van der Waals surface area contributed by atoms with Crippen molar-refractivity contribution in [3.05, 3.63) is 124 Å². The molecule has 2 aromatic heterocycles. The highest BCUT2D eigenvalue weighted by Gasteiger charge is 2.27. The predicted molar refractivity (Wildman–Crippen MR) is 177 cm³/mol. The first-order valence-electron chi connectivity index (χ1n) is 15.0. The maximum absolute atomic E-state index is 12.3. The fourth-order valence-electron chi connectivity index (χ4n) is 5.88. The van der Waals surface area contributed by atoms with E-state index in [9.17, 15) is 14.4 Å². The Balaban J connectivity index is 0.000000167. The lowest BCUT2D eigenvalue weighted by Crippen LogP contribution is -2.46. The third kappa shape index (κ3) is 6.62. The van der Waals surface area contributed by atoms with E-state index in [-0.39, 0.29) is 17.9 Å². The molecule has 2 N–H and O–H groups in total. The molecule has 0 spiro atoms. The van der Waals surface area contributed by atoms with Gasteiger partial charge in [-0.05, 0) is 60.5 Å². The van der Waals surface area contributed by atoms with E-state index in [1.165, 1.54) is 10.6 Å². The number of nitrogens with two attached hydrogens (primary N) is 1. The summed E-state index contributed by atoms with van der Waals surface area (Å²) in [7, 11) is 0. The van der Waals surface area contributed by atoms with Gasteiger partial charge in [0.2, 0.25) is 0 Å². The highest BCUT2D eigenvalue weighted by Crippen LogP contribution is 2.35. The molecule has 2 aliphatic heterocycles. The molecule has 5 aromatic rings. The van der Waals surface area contributed by atoms with E-state index >= 15 is 0 Å². The normalized spacial score (nSPS) is 14.7. The van der Waals surface area contributed by atoms with Crippen LogP contribution in [0.15, 0.2) is 102 Å². The van der Waals surface area contributed by atoms with Crippen LogP contribution in [0.5, 0.6) is 0 Å². The van der Waals surface area contributed by atoms with Crippen molar-refractivity contribution in [3.63, 3.8) is 0 Å². The Bertz CT molecular complexity index is 1890. The number of carbonyl (C=O) groups excluding carboxylic acids is 2. The Morgan fingerprint density at radius 2 is 1.56 bits per heavy atom. The summed E-state index contributed by atoms with van der Waals surface area (Å²) < 4.78 is 3.15. The number of aromatic nitrogens is 3. The molecule has 0 bridgehead atoms. The predicted octanol–water partition coefficient (Wildman–Crippen LogP) is 5.00. The number of fused-ring (bicyclic) bond motifs is 3. The Morgan fingerprint density at radius 3 is 2.31 bits per heavy atom. The van der Waals surface area contributed by atoms with Gasteiger partial charge in [-0.15, -0.1) is 5.10 Å². The van der Waals surface area contributed by atoms with Gasteiger partial charge in [0, 0.05) is 68.2 Å². The summed E-state index contributed by atoms with van der Waals surface area (Å²) in [4.78, 5) is 42.5. The van der Waals surface area contributed by atoms with Gasteiger partial charge in [0.05, 0.1) is 11.4 Å². The molecule has 2 aliphatic rings. The molecule has 3 aromatic carbocycles. The summed E-state index contributed by atoms with van der Waals surface area (Å²) in [6.45, 7) is 5.65. The third-order valence-corrected chi connectivity index (χ3v) is 8.36. The number of anilines is 3. The molecule has 0 unspecified atom stereocenters. The van der Waals surface area contributed by atoms with Gasteiger partial charge in [-0.1, -0.05) is 54.1 Å². The number of hydrogen-bond acceptors (Lipinski definition) is 6. The van der Waals surface area contributed by atoms with E-state index in [1.807, 2.05) is 54.6 Å². The monoisotopic (exact) mass is 623 g/mol. The molecule has 0 radical (unpaired) electrons. The number of Topliss-reactive ketones (excluding diaryl/α,β-unsaturated/α-hetero) is 1. The molecule has 0 saturated carbocycles. The summed E-state index contributed by atoms with van der Waals surface area (Å²) in [6, 6.07) is 27.4. The van der Waals surface area contributed by atoms with Crippen molar-refractivity contribution >= 4 is 46.1 Å². The van der Waals surface area contributed by atoms with Gasteiger partial charge in [-0.3, -0.25) is 19.0 Å². The molecule has 0 aliphatic carbocycles. The second kappa shape index (κ2) is 13.4. The van der Waals surface area contributed by atoms with Gasteiger partial charge in [0.25, 0.3) is 0 Å². The number of para-hydroxylation sites is 2. The van der Waals surface area contributed by atoms with Gasteiger partial charge in [0.15, 0.2) is 11.4 Å². The molecular weight excluding hydrogens is 590 g/mol. The van der Waals surface area contributed by atoms with Crippen LogP contribution in [0.3, 0.4) is 0 Å². The summed E-state index contributed by atoms with van der Waals surface area (Å²) in [5.74, 6) is -0.00759. The first kappa shape index (κ1) is 30.1. The Kier molecular flexibility index (Phi) is 8.95. The number of hydrogen-bond donors (Lipinski definition) is 1. The summed E-state index contributed by atoms with van der Waals surface area (Å²) >= 11 is 6.09. The van der Waals surface area contributed by atoms with Gasteiger partial charge in [-0.25, -0.2) is 14.3 Å². The van der Waals surface area contributed by atoms with E-state index in [4.69, 9.17) is 17.3 Å². The zero-order valence-electron chi connectivity index (χ0n) is 24.8. The smallest absolute Gasteiger partial charge is 0.350 e. The van der Waals surface area contributed by atoms with Gasteiger partial charge < -0.3 is 10.6 Å². The Hall–Kier alpha value is -4.93. The minimum atomic E-state index is -0.588. The van der Waals surface area contributed by atoms with E-state index in [0.29, 0.717) is 29.1 Å². The van der Waals surface area contributed by atoms with Crippen molar-refractivity contribution in [2.45, 2.75) is 19.4 Å². The number of urea groups is 1. The van der Waals surface area contributed by atoms with Crippen molar-refractivity contribution in [1.82, 2.24) is 19.1 Å². The number of amides is 2. The number of benzene rings is 3. The molecule has 4 heterocycles. The summed E-state index contributed by atoms with van der Waals surface area (Å²) in [5.41, 5.74) is 9.87. The summed E-state index contributed by atoms with van der Waals surface area (Å²) in [6.07, 6.45) is 2.95. The van der Waals surface area contributed by atoms with Crippen LogP contribution < -0.4 is 21.2 Å². The van der Waals surface area contributed by atoms with Crippen LogP contribution in [0.2, 0.25) is 5.02 Å². The zero-order valence-corrected chi connectivity index (χ0v) is 25.5. The van der Waals surface area contributed by atoms with E-state index < -0.39 is 6.03 Å². The largest absolute Gasteiger partial charge is 0.369 e. The molecule has 45 heavy (non-hydrogen) atoms. The number of aryl methyl sites for hydroxylation is 1. The number of nitrogens with zero attached hydrogens (tertiary/aromatic N) is 6. The summed E-state index contributed by atoms with van der Waals surface area (Å²) in [5, 5.41) is 5.16. The number of pyridine rings is 1. The first-order chi connectivity index (χ1) is 21.9. The minimum Gasteiger partial charge on any atom is -0.369 e. The van der Waals surface area contributed by atoms with Crippen LogP contribution >= 0.6 is 11.6 Å². The van der Waals surface area contributed by atoms with E-state index in [2.05, 4.69) is 21.0 Å². The van der Waals surface area contributed by atoms with Crippen molar-refractivity contribution in [2.75, 3.05) is 42.5 Å². The zero-order chi connectivity index (χ0) is 31.3. The SMILES string of the molecule is NC(=O)N1c2ccccc2CC(=O)c2ccccc21.O=c1n(CCCN2CCN(c3cccc(Cl)c3)CC2)nc2ccccn12. The minimum absolute atomic E-state index is 0.00759. The van der Waals surface area contributed by atoms with Crippen LogP contribution in [0.25, 0.3) is 5.65 Å². The molecule has 230 valence electrons. The number of halogens is 1. The fourth-order valence-corrected chi connectivity index (χ4v) is 6.06. The lowest BCUT2D eigenvalue weighted by Gasteiger charge is -2.36. The Morgan fingerprint density at radius 1 is 0.822 bits per heavy atom. The Labute approximate surface area is 265 Å². The maximum Gasteiger partial charge on any atom is 0.350 e. The molecule has 10 nitrogen and oxygen atoms in total. The second-order valence-electron chi connectivity index (χ2n) is 11.0. The number of ketones is 1. The topological polar surface area (TPSA) is 109 Å². The number of primary amides is 1. The molecule has 1 saturated heterocycles. The van der Waals surface area contributed by atoms with Gasteiger partial charge in [0.1, 0.15) is 0 Å². The van der Waals surface area contributed by atoms with Crippen LogP contribution in [0, 0.1) is 0 Å². The van der Waals surface area contributed by atoms with Crippen LogP contribution in [0.1, 0.15) is 22.3 Å². The quantitative estimate of drug-likeness (QED) is 0.295. The maximum atomic E-state index is 12.3. The third-order valence-electron chi connectivity index (χ3n) is 8.13. The second-order valence-corrected chi connectivity index (χ2v) is 11.5. The van der Waals surface area contributed by atoms with Crippen LogP contribution in [-0.4, -0.2) is 63.6 Å². The molecular formula is C34H34ClN7O3. The average Bonchev–Trinajstić information content (AvgIpc) is 3.30. The van der Waals surface area contributed by atoms with Crippen molar-refractivity contribution in [1.29, 1.82) is 0 Å². The molecule has 11 heteroatoms. The number of piperazine rings is 1. The fraction of sp³-hybridized carbons (Fsp3) is 0.235. The molecule has 2 amide bonds. The van der Waals surface area contributed by atoms with E-state index in [1.54, 1.807) is 45.6 Å². The highest BCUT2D eigenvalue weighted by atomic mass is 35.5. The molecule has 0 atom stereocenters. The van der Waals surface area contributed by atoms with Crippen molar-refractivity contribution in [2.24, 2.45) is 5.73 Å². The average molecular weight is 624 g/mol. The standard InChI is InChI=1S/C19H22ClN5O.C15H12N2O2/c20-16-5-3-6-17(15-16)23-13-11-22(12-14-23)8-4-10-25-19(26)24-9-2-1-7-18(24)21-25;16-15(19)17-12-7-3-1-5-10(12)9-14(18)11-6-2-4-8-13(11)17/h1-3,5-7,9,15H,4,8,10-14H2;1-8H,9H2,(H2,16,19). The lowest BCUT2D eigenvalue weighted by atomic mass is 10.0. The first-order valence-corrected chi connectivity index (χ1v) is 15.3. The number of carbonyl (C=O) groups is 2. The molecule has 7 rings (SSSR count). The van der Waals surface area contributed by atoms with Crippen molar-refractivity contribution in [3.8, 4) is 0 Å².